The lowest BCUT2D eigenvalue weighted by Gasteiger charge is -2.37. The monoisotopic (exact) mass is 283 g/mol. The minimum Gasteiger partial charge on any atom is -0.409 e. The van der Waals surface area contributed by atoms with Crippen LogP contribution in [0.2, 0.25) is 0 Å². The van der Waals surface area contributed by atoms with Crippen molar-refractivity contribution in [3.05, 3.63) is 0 Å². The minimum absolute atomic E-state index is 0.0373. The van der Waals surface area contributed by atoms with Crippen LogP contribution in [0.4, 0.5) is 0 Å². The van der Waals surface area contributed by atoms with Gasteiger partial charge in [0, 0.05) is 5.92 Å². The van der Waals surface area contributed by atoms with Crippen LogP contribution in [0.1, 0.15) is 71.6 Å². The molecule has 116 valence electrons. The Morgan fingerprint density at radius 2 is 1.80 bits per heavy atom. The number of rotatable bonds is 7. The van der Waals surface area contributed by atoms with Crippen molar-refractivity contribution in [1.82, 2.24) is 5.32 Å². The Labute approximate surface area is 122 Å². The highest BCUT2D eigenvalue weighted by Gasteiger charge is 2.39. The molecule has 1 aliphatic rings. The topological polar surface area (TPSA) is 87.7 Å². The maximum absolute atomic E-state index is 12.5. The zero-order valence-corrected chi connectivity index (χ0v) is 12.8. The van der Waals surface area contributed by atoms with Gasteiger partial charge >= 0.3 is 0 Å². The Bertz CT molecular complexity index is 330. The lowest BCUT2D eigenvalue weighted by Crippen LogP contribution is -2.59. The van der Waals surface area contributed by atoms with Gasteiger partial charge in [-0.2, -0.15) is 0 Å². The third-order valence-electron chi connectivity index (χ3n) is 4.31. The summed E-state index contributed by atoms with van der Waals surface area (Å²) in [4.78, 5) is 12.5. The number of hydrogen-bond donors (Lipinski definition) is 3. The molecule has 1 fully saturated rings. The third kappa shape index (κ3) is 4.12. The molecule has 4 N–H and O–H groups in total. The molecule has 0 aromatic rings. The zero-order chi connectivity index (χ0) is 15.0. The van der Waals surface area contributed by atoms with Gasteiger partial charge in [0.25, 0.3) is 0 Å². The molecule has 0 aromatic carbocycles. The standard InChI is InChI=1S/C15H29N3O2/c1-3-8-12(9-4-2)13(19)17-15(14(16)18-20)10-6-5-7-11-15/h12,20H,3-11H2,1-2H3,(H2,16,18)(H,17,19). The predicted octanol–water partition coefficient (Wildman–Crippen LogP) is 2.77. The van der Waals surface area contributed by atoms with Crippen molar-refractivity contribution in [2.24, 2.45) is 16.8 Å². The molecule has 1 aliphatic carbocycles. The highest BCUT2D eigenvalue weighted by atomic mass is 16.4. The van der Waals surface area contributed by atoms with Gasteiger partial charge in [-0.15, -0.1) is 0 Å². The van der Waals surface area contributed by atoms with Crippen LogP contribution < -0.4 is 11.1 Å². The summed E-state index contributed by atoms with van der Waals surface area (Å²) >= 11 is 0. The van der Waals surface area contributed by atoms with Crippen molar-refractivity contribution < 1.29 is 10.0 Å². The van der Waals surface area contributed by atoms with Crippen molar-refractivity contribution in [2.45, 2.75) is 77.2 Å². The SMILES string of the molecule is CCCC(CCC)C(=O)NC1(C(N)=NO)CCCCC1. The first kappa shape index (κ1) is 16.8. The molecule has 0 bridgehead atoms. The molecule has 1 rings (SSSR count). The number of nitrogens with one attached hydrogen (secondary N) is 1. The lowest BCUT2D eigenvalue weighted by atomic mass is 9.80. The van der Waals surface area contributed by atoms with Crippen LogP contribution in [0, 0.1) is 5.92 Å². The van der Waals surface area contributed by atoms with Gasteiger partial charge in [0.2, 0.25) is 5.91 Å². The number of nitrogens with two attached hydrogens (primary N) is 1. The molecule has 0 unspecified atom stereocenters. The summed E-state index contributed by atoms with van der Waals surface area (Å²) in [5, 5.41) is 15.3. The molecule has 0 heterocycles. The van der Waals surface area contributed by atoms with E-state index in [1.807, 2.05) is 0 Å². The van der Waals surface area contributed by atoms with Crippen LogP contribution in [-0.4, -0.2) is 22.5 Å². The fourth-order valence-corrected chi connectivity index (χ4v) is 3.14. The zero-order valence-electron chi connectivity index (χ0n) is 12.8. The fourth-order valence-electron chi connectivity index (χ4n) is 3.14. The molecule has 5 heteroatoms. The van der Waals surface area contributed by atoms with E-state index in [1.165, 1.54) is 0 Å². The summed E-state index contributed by atoms with van der Waals surface area (Å²) in [7, 11) is 0. The highest BCUT2D eigenvalue weighted by molar-refractivity contribution is 5.94. The summed E-state index contributed by atoms with van der Waals surface area (Å²) in [6.45, 7) is 4.19. The summed E-state index contributed by atoms with van der Waals surface area (Å²) in [5.74, 6) is 0.245. The Balaban J connectivity index is 2.80. The largest absolute Gasteiger partial charge is 0.409 e. The first-order chi connectivity index (χ1) is 9.59. The number of amidine groups is 1. The van der Waals surface area contributed by atoms with Crippen molar-refractivity contribution in [3.8, 4) is 0 Å². The summed E-state index contributed by atoms with van der Waals surface area (Å²) in [6.07, 6.45) is 8.45. The summed E-state index contributed by atoms with van der Waals surface area (Å²) in [6, 6.07) is 0. The van der Waals surface area contributed by atoms with Crippen LogP contribution >= 0.6 is 0 Å². The molecule has 0 saturated heterocycles. The van der Waals surface area contributed by atoms with E-state index >= 15 is 0 Å². The van der Waals surface area contributed by atoms with Crippen molar-refractivity contribution in [2.75, 3.05) is 0 Å². The van der Waals surface area contributed by atoms with Gasteiger partial charge in [-0.3, -0.25) is 4.79 Å². The number of hydrogen-bond acceptors (Lipinski definition) is 3. The van der Waals surface area contributed by atoms with Gasteiger partial charge in [-0.25, -0.2) is 0 Å². The van der Waals surface area contributed by atoms with Crippen LogP contribution in [0.5, 0.6) is 0 Å². The van der Waals surface area contributed by atoms with Crippen LogP contribution in [0.3, 0.4) is 0 Å². The van der Waals surface area contributed by atoms with Gasteiger partial charge in [-0.1, -0.05) is 51.1 Å². The van der Waals surface area contributed by atoms with Crippen molar-refractivity contribution >= 4 is 11.7 Å². The number of carbonyl (C=O) groups excluding carboxylic acids is 1. The van der Waals surface area contributed by atoms with E-state index in [9.17, 15) is 4.79 Å². The molecule has 0 spiro atoms. The Kier molecular flexibility index (Phi) is 6.82. The predicted molar refractivity (Wildman–Crippen MR) is 80.7 cm³/mol. The van der Waals surface area contributed by atoms with Gasteiger partial charge in [0.1, 0.15) is 5.54 Å². The molecule has 5 nitrogen and oxygen atoms in total. The molecule has 0 radical (unpaired) electrons. The van der Waals surface area contributed by atoms with Gasteiger partial charge in [0.05, 0.1) is 0 Å². The van der Waals surface area contributed by atoms with E-state index in [0.29, 0.717) is 0 Å². The average Bonchev–Trinajstić information content (AvgIpc) is 2.47. The van der Waals surface area contributed by atoms with Crippen LogP contribution in [0.15, 0.2) is 5.16 Å². The van der Waals surface area contributed by atoms with Gasteiger partial charge < -0.3 is 16.3 Å². The molecule has 0 aliphatic heterocycles. The van der Waals surface area contributed by atoms with Gasteiger partial charge in [-0.05, 0) is 25.7 Å². The molecule has 0 atom stereocenters. The number of oxime groups is 1. The van der Waals surface area contributed by atoms with E-state index in [4.69, 9.17) is 10.9 Å². The second-order valence-corrected chi connectivity index (χ2v) is 5.89. The Morgan fingerprint density at radius 1 is 1.25 bits per heavy atom. The average molecular weight is 283 g/mol. The Hall–Kier alpha value is -1.26. The number of amides is 1. The maximum Gasteiger partial charge on any atom is 0.223 e. The first-order valence-corrected chi connectivity index (χ1v) is 7.89. The van der Waals surface area contributed by atoms with Crippen LogP contribution in [0.25, 0.3) is 0 Å². The molecule has 0 aromatic heterocycles. The van der Waals surface area contributed by atoms with E-state index in [1.54, 1.807) is 0 Å². The van der Waals surface area contributed by atoms with E-state index in [0.717, 1.165) is 57.8 Å². The quantitative estimate of drug-likeness (QED) is 0.290. The first-order valence-electron chi connectivity index (χ1n) is 7.89. The summed E-state index contributed by atoms with van der Waals surface area (Å²) < 4.78 is 0. The summed E-state index contributed by atoms with van der Waals surface area (Å²) in [5.41, 5.74) is 5.23. The number of carbonyl (C=O) groups is 1. The van der Waals surface area contributed by atoms with E-state index in [2.05, 4.69) is 24.3 Å². The lowest BCUT2D eigenvalue weighted by molar-refractivity contribution is -0.127. The van der Waals surface area contributed by atoms with Crippen molar-refractivity contribution in [1.29, 1.82) is 0 Å². The van der Waals surface area contributed by atoms with Crippen molar-refractivity contribution in [3.63, 3.8) is 0 Å². The second-order valence-electron chi connectivity index (χ2n) is 5.89. The normalized spacial score (nSPS) is 19.1. The fraction of sp³-hybridized carbons (Fsp3) is 0.867. The molecule has 20 heavy (non-hydrogen) atoms. The number of nitrogens with zero attached hydrogens (tertiary/aromatic N) is 1. The van der Waals surface area contributed by atoms with Crippen LogP contribution in [-0.2, 0) is 4.79 Å². The van der Waals surface area contributed by atoms with Gasteiger partial charge in [0.15, 0.2) is 5.84 Å². The molecule has 1 saturated carbocycles. The maximum atomic E-state index is 12.5. The van der Waals surface area contributed by atoms with E-state index < -0.39 is 5.54 Å². The molecular weight excluding hydrogens is 254 g/mol. The smallest absolute Gasteiger partial charge is 0.223 e. The molecule has 1 amide bonds. The highest BCUT2D eigenvalue weighted by Crippen LogP contribution is 2.29. The Morgan fingerprint density at radius 3 is 2.25 bits per heavy atom. The minimum atomic E-state index is -0.635. The molecular formula is C15H29N3O2. The second kappa shape index (κ2) is 8.12. The van der Waals surface area contributed by atoms with E-state index in [-0.39, 0.29) is 17.7 Å². The third-order valence-corrected chi connectivity index (χ3v) is 4.31.